The standard InChI is InChI=1S/C8H5ClN2O2/c1-13-8(12)6-2-5(3-10)7(9)11-4-6/h2,4H,1H3. The van der Waals surface area contributed by atoms with Crippen LogP contribution in [0.4, 0.5) is 0 Å². The summed E-state index contributed by atoms with van der Waals surface area (Å²) in [5.74, 6) is -0.541. The molecule has 1 heterocycles. The van der Waals surface area contributed by atoms with Crippen molar-refractivity contribution in [1.82, 2.24) is 4.98 Å². The van der Waals surface area contributed by atoms with Gasteiger partial charge in [-0.15, -0.1) is 0 Å². The van der Waals surface area contributed by atoms with E-state index in [-0.39, 0.29) is 16.3 Å². The maximum Gasteiger partial charge on any atom is 0.339 e. The highest BCUT2D eigenvalue weighted by atomic mass is 35.5. The second-order valence-corrected chi connectivity index (χ2v) is 2.52. The molecule has 0 spiro atoms. The van der Waals surface area contributed by atoms with E-state index in [9.17, 15) is 4.79 Å². The smallest absolute Gasteiger partial charge is 0.339 e. The molecule has 0 aliphatic heterocycles. The lowest BCUT2D eigenvalue weighted by Crippen LogP contribution is -2.02. The van der Waals surface area contributed by atoms with E-state index in [1.54, 1.807) is 0 Å². The number of carbonyl (C=O) groups excluding carboxylic acids is 1. The van der Waals surface area contributed by atoms with E-state index in [4.69, 9.17) is 16.9 Å². The summed E-state index contributed by atoms with van der Waals surface area (Å²) in [6.45, 7) is 0. The molecule has 0 N–H and O–H groups in total. The number of hydrogen-bond acceptors (Lipinski definition) is 4. The van der Waals surface area contributed by atoms with Gasteiger partial charge in [0.05, 0.1) is 18.2 Å². The van der Waals surface area contributed by atoms with E-state index in [0.717, 1.165) is 0 Å². The van der Waals surface area contributed by atoms with Gasteiger partial charge in [0.1, 0.15) is 11.2 Å². The van der Waals surface area contributed by atoms with Crippen LogP contribution in [0.15, 0.2) is 12.3 Å². The number of methoxy groups -OCH3 is 1. The average Bonchev–Trinajstić information content (AvgIpc) is 2.17. The van der Waals surface area contributed by atoms with Gasteiger partial charge in [-0.2, -0.15) is 5.26 Å². The molecule has 1 aromatic heterocycles. The van der Waals surface area contributed by atoms with Gasteiger partial charge in [-0.1, -0.05) is 11.6 Å². The highest BCUT2D eigenvalue weighted by Crippen LogP contribution is 2.13. The van der Waals surface area contributed by atoms with Crippen LogP contribution in [-0.2, 0) is 4.74 Å². The Balaban J connectivity index is 3.15. The fourth-order valence-corrected chi connectivity index (χ4v) is 0.902. The van der Waals surface area contributed by atoms with Crippen LogP contribution in [0.5, 0.6) is 0 Å². The lowest BCUT2D eigenvalue weighted by atomic mass is 10.2. The number of nitrogens with zero attached hydrogens (tertiary/aromatic N) is 2. The first-order valence-electron chi connectivity index (χ1n) is 3.33. The maximum absolute atomic E-state index is 11.0. The van der Waals surface area contributed by atoms with Crippen molar-refractivity contribution in [3.63, 3.8) is 0 Å². The number of carbonyl (C=O) groups is 1. The van der Waals surface area contributed by atoms with Crippen molar-refractivity contribution in [2.24, 2.45) is 0 Å². The molecule has 0 atom stereocenters. The third kappa shape index (κ3) is 1.95. The van der Waals surface area contributed by atoms with E-state index in [1.807, 2.05) is 6.07 Å². The molecule has 0 aromatic carbocycles. The molecule has 66 valence electrons. The summed E-state index contributed by atoms with van der Waals surface area (Å²) in [5, 5.41) is 8.65. The van der Waals surface area contributed by atoms with Gasteiger partial charge in [0.25, 0.3) is 0 Å². The topological polar surface area (TPSA) is 63.0 Å². The van der Waals surface area contributed by atoms with Crippen LogP contribution in [-0.4, -0.2) is 18.1 Å². The van der Waals surface area contributed by atoms with Crippen LogP contribution in [0.3, 0.4) is 0 Å². The third-order valence-electron chi connectivity index (χ3n) is 1.38. The van der Waals surface area contributed by atoms with Crippen molar-refractivity contribution >= 4 is 17.6 Å². The Hall–Kier alpha value is -1.60. The van der Waals surface area contributed by atoms with Gasteiger partial charge in [0.15, 0.2) is 0 Å². The zero-order valence-corrected chi connectivity index (χ0v) is 7.50. The van der Waals surface area contributed by atoms with Crippen molar-refractivity contribution in [1.29, 1.82) is 5.26 Å². The molecule has 0 saturated carbocycles. The van der Waals surface area contributed by atoms with Crippen LogP contribution in [0.2, 0.25) is 5.15 Å². The molecule has 1 rings (SSSR count). The van der Waals surface area contributed by atoms with E-state index >= 15 is 0 Å². The maximum atomic E-state index is 11.0. The number of halogens is 1. The van der Waals surface area contributed by atoms with Crippen LogP contribution < -0.4 is 0 Å². The van der Waals surface area contributed by atoms with Crippen molar-refractivity contribution in [3.05, 3.63) is 28.5 Å². The molecule has 0 amide bonds. The van der Waals surface area contributed by atoms with Crippen LogP contribution >= 0.6 is 11.6 Å². The van der Waals surface area contributed by atoms with Crippen LogP contribution in [0.1, 0.15) is 15.9 Å². The van der Waals surface area contributed by atoms with Crippen molar-refractivity contribution in [3.8, 4) is 6.07 Å². The summed E-state index contributed by atoms with van der Waals surface area (Å²) in [7, 11) is 1.25. The molecule has 0 radical (unpaired) electrons. The lowest BCUT2D eigenvalue weighted by molar-refractivity contribution is 0.0600. The second kappa shape index (κ2) is 3.87. The summed E-state index contributed by atoms with van der Waals surface area (Å²) in [6.07, 6.45) is 1.26. The van der Waals surface area contributed by atoms with Gasteiger partial charge in [0.2, 0.25) is 0 Å². The Morgan fingerprint density at radius 1 is 1.77 bits per heavy atom. The number of nitriles is 1. The monoisotopic (exact) mass is 196 g/mol. The van der Waals surface area contributed by atoms with Gasteiger partial charge in [0, 0.05) is 6.20 Å². The predicted octanol–water partition coefficient (Wildman–Crippen LogP) is 1.39. The van der Waals surface area contributed by atoms with Crippen molar-refractivity contribution in [2.75, 3.05) is 7.11 Å². The van der Waals surface area contributed by atoms with E-state index in [1.165, 1.54) is 19.4 Å². The van der Waals surface area contributed by atoms with Crippen molar-refractivity contribution < 1.29 is 9.53 Å². The number of hydrogen-bond donors (Lipinski definition) is 0. The fraction of sp³-hybridized carbons (Fsp3) is 0.125. The van der Waals surface area contributed by atoms with Crippen molar-refractivity contribution in [2.45, 2.75) is 0 Å². The second-order valence-electron chi connectivity index (χ2n) is 2.17. The number of pyridine rings is 1. The Kier molecular flexibility index (Phi) is 2.83. The summed E-state index contributed by atoms with van der Waals surface area (Å²) < 4.78 is 4.44. The molecule has 1 aromatic rings. The zero-order chi connectivity index (χ0) is 9.84. The number of aromatic nitrogens is 1. The summed E-state index contributed by atoms with van der Waals surface area (Å²) in [5.41, 5.74) is 0.369. The Morgan fingerprint density at radius 2 is 2.46 bits per heavy atom. The summed E-state index contributed by atoms with van der Waals surface area (Å²) in [4.78, 5) is 14.6. The van der Waals surface area contributed by atoms with E-state index in [0.29, 0.717) is 0 Å². The first-order valence-corrected chi connectivity index (χ1v) is 3.70. The SMILES string of the molecule is COC(=O)c1cnc(Cl)c(C#N)c1. The minimum absolute atomic E-state index is 0.0788. The third-order valence-corrected chi connectivity index (χ3v) is 1.68. The summed E-state index contributed by atoms with van der Waals surface area (Å²) in [6, 6.07) is 3.15. The van der Waals surface area contributed by atoms with Gasteiger partial charge in [-0.05, 0) is 6.07 Å². The summed E-state index contributed by atoms with van der Waals surface area (Å²) >= 11 is 5.56. The highest BCUT2D eigenvalue weighted by molar-refractivity contribution is 6.30. The largest absolute Gasteiger partial charge is 0.465 e. The molecule has 0 aliphatic carbocycles. The first-order chi connectivity index (χ1) is 6.19. The van der Waals surface area contributed by atoms with Gasteiger partial charge in [-0.25, -0.2) is 9.78 Å². The van der Waals surface area contributed by atoms with Gasteiger partial charge in [-0.3, -0.25) is 0 Å². The Bertz CT molecular complexity index is 384. The minimum atomic E-state index is -0.541. The van der Waals surface area contributed by atoms with E-state index in [2.05, 4.69) is 9.72 Å². The molecule has 0 fully saturated rings. The van der Waals surface area contributed by atoms with Crippen LogP contribution in [0.25, 0.3) is 0 Å². The number of esters is 1. The molecule has 0 aliphatic rings. The Labute approximate surface area is 79.7 Å². The molecular weight excluding hydrogens is 192 g/mol. The predicted molar refractivity (Wildman–Crippen MR) is 45.3 cm³/mol. The normalized spacial score (nSPS) is 9.00. The fourth-order valence-electron chi connectivity index (χ4n) is 0.756. The molecular formula is C8H5ClN2O2. The molecule has 0 bridgehead atoms. The van der Waals surface area contributed by atoms with Gasteiger partial charge < -0.3 is 4.74 Å². The minimum Gasteiger partial charge on any atom is -0.465 e. The average molecular weight is 197 g/mol. The first kappa shape index (κ1) is 9.49. The molecule has 5 heteroatoms. The molecule has 4 nitrogen and oxygen atoms in total. The van der Waals surface area contributed by atoms with E-state index < -0.39 is 5.97 Å². The molecule has 13 heavy (non-hydrogen) atoms. The van der Waals surface area contributed by atoms with Gasteiger partial charge >= 0.3 is 5.97 Å². The lowest BCUT2D eigenvalue weighted by Gasteiger charge is -1.99. The Morgan fingerprint density at radius 3 is 3.00 bits per heavy atom. The van der Waals surface area contributed by atoms with Crippen LogP contribution in [0, 0.1) is 11.3 Å². The number of rotatable bonds is 1. The number of ether oxygens (including phenoxy) is 1. The molecule has 0 saturated heterocycles. The molecule has 0 unspecified atom stereocenters. The quantitative estimate of drug-likeness (QED) is 0.503. The zero-order valence-electron chi connectivity index (χ0n) is 6.74. The highest BCUT2D eigenvalue weighted by Gasteiger charge is 2.09.